The van der Waals surface area contributed by atoms with Crippen LogP contribution in [0.3, 0.4) is 0 Å². The van der Waals surface area contributed by atoms with E-state index >= 15 is 0 Å². The Morgan fingerprint density at radius 1 is 1.22 bits per heavy atom. The first kappa shape index (κ1) is 21.1. The largest absolute Gasteiger partial charge is 0.482 e. The number of rotatable bonds is 6. The highest BCUT2D eigenvalue weighted by atomic mass is 35.5. The van der Waals surface area contributed by atoms with Crippen LogP contribution in [-0.2, 0) is 9.53 Å². The normalized spacial score (nSPS) is 14.1. The molecule has 2 heterocycles. The number of aromatic nitrogens is 2. The highest BCUT2D eigenvalue weighted by Crippen LogP contribution is 2.29. The summed E-state index contributed by atoms with van der Waals surface area (Å²) in [4.78, 5) is 23.4. The Kier molecular flexibility index (Phi) is 7.96. The number of carbonyl (C=O) groups excluding carboxylic acids is 2. The van der Waals surface area contributed by atoms with Crippen LogP contribution in [0, 0.1) is 0 Å². The summed E-state index contributed by atoms with van der Waals surface area (Å²) in [6, 6.07) is 6.49. The van der Waals surface area contributed by atoms with Crippen molar-refractivity contribution in [2.24, 2.45) is 0 Å². The van der Waals surface area contributed by atoms with Crippen molar-refractivity contribution in [3.63, 3.8) is 0 Å². The van der Waals surface area contributed by atoms with Crippen LogP contribution < -0.4 is 15.4 Å². The predicted molar refractivity (Wildman–Crippen MR) is 104 cm³/mol. The highest BCUT2D eigenvalue weighted by Gasteiger charge is 2.20. The molecule has 10 heteroatoms. The van der Waals surface area contributed by atoms with Crippen molar-refractivity contribution in [2.75, 3.05) is 32.1 Å². The maximum Gasteiger partial charge on any atom is 0.343 e. The molecule has 8 nitrogen and oxygen atoms in total. The maximum atomic E-state index is 12.3. The molecule has 146 valence electrons. The zero-order valence-corrected chi connectivity index (χ0v) is 16.4. The lowest BCUT2D eigenvalue weighted by molar-refractivity contribution is -0.142. The first-order chi connectivity index (χ1) is 12.7. The molecule has 3 rings (SSSR count). The van der Waals surface area contributed by atoms with Crippen molar-refractivity contribution in [1.82, 2.24) is 15.5 Å². The number of carbonyl (C=O) groups is 2. The van der Waals surface area contributed by atoms with Gasteiger partial charge in [-0.25, -0.2) is 4.79 Å². The average molecular weight is 413 g/mol. The molecular formula is C17H21ClN4O4S. The predicted octanol–water partition coefficient (Wildman–Crippen LogP) is 2.23. The Balaban J connectivity index is 0.00000261. The highest BCUT2D eigenvalue weighted by molar-refractivity contribution is 7.15. The molecule has 0 aliphatic carbocycles. The molecule has 1 amide bonds. The van der Waals surface area contributed by atoms with Crippen LogP contribution in [0.2, 0.25) is 0 Å². The quantitative estimate of drug-likeness (QED) is 0.701. The van der Waals surface area contributed by atoms with Crippen LogP contribution >= 0.6 is 23.7 Å². The Bertz CT molecular complexity index is 763. The van der Waals surface area contributed by atoms with Gasteiger partial charge in [-0.05, 0) is 50.2 Å². The number of methoxy groups -OCH3 is 1. The molecule has 1 fully saturated rings. The fraction of sp³-hybridized carbons (Fsp3) is 0.412. The second-order valence-corrected chi connectivity index (χ2v) is 6.82. The number of hydrogen-bond acceptors (Lipinski definition) is 8. The number of hydrogen-bond donors (Lipinski definition) is 2. The second kappa shape index (κ2) is 10.2. The molecule has 0 atom stereocenters. The van der Waals surface area contributed by atoms with E-state index in [4.69, 9.17) is 4.74 Å². The zero-order valence-electron chi connectivity index (χ0n) is 14.8. The van der Waals surface area contributed by atoms with Gasteiger partial charge in [0.25, 0.3) is 5.91 Å². The van der Waals surface area contributed by atoms with Crippen molar-refractivity contribution in [3.05, 3.63) is 34.8 Å². The van der Waals surface area contributed by atoms with Gasteiger partial charge in [0.15, 0.2) is 6.61 Å². The van der Waals surface area contributed by atoms with Gasteiger partial charge in [0.1, 0.15) is 10.8 Å². The number of benzene rings is 1. The monoisotopic (exact) mass is 412 g/mol. The van der Waals surface area contributed by atoms with E-state index in [1.54, 1.807) is 24.3 Å². The van der Waals surface area contributed by atoms with Gasteiger partial charge in [-0.2, -0.15) is 0 Å². The molecule has 0 spiro atoms. The average Bonchev–Trinajstić information content (AvgIpc) is 3.15. The van der Waals surface area contributed by atoms with E-state index in [-0.39, 0.29) is 24.9 Å². The van der Waals surface area contributed by atoms with Crippen LogP contribution in [0.4, 0.5) is 5.13 Å². The molecule has 1 aliphatic heterocycles. The molecule has 0 bridgehead atoms. The summed E-state index contributed by atoms with van der Waals surface area (Å²) in [7, 11) is 1.29. The number of ether oxygens (including phenoxy) is 2. The third-order valence-corrected chi connectivity index (χ3v) is 5.05. The van der Waals surface area contributed by atoms with Crippen LogP contribution in [0.5, 0.6) is 5.75 Å². The molecule has 1 aromatic heterocycles. The van der Waals surface area contributed by atoms with Crippen molar-refractivity contribution in [2.45, 2.75) is 18.8 Å². The molecule has 27 heavy (non-hydrogen) atoms. The number of nitrogens with zero attached hydrogens (tertiary/aromatic N) is 2. The summed E-state index contributed by atoms with van der Waals surface area (Å²) >= 11 is 1.42. The summed E-state index contributed by atoms with van der Waals surface area (Å²) in [6.07, 6.45) is 2.07. The number of anilines is 1. The van der Waals surface area contributed by atoms with Gasteiger partial charge in [-0.3, -0.25) is 10.1 Å². The molecule has 2 aromatic rings. The fourth-order valence-electron chi connectivity index (χ4n) is 2.59. The summed E-state index contributed by atoms with van der Waals surface area (Å²) in [5.41, 5.74) is 0.467. The van der Waals surface area contributed by atoms with Crippen molar-refractivity contribution < 1.29 is 19.1 Å². The maximum absolute atomic E-state index is 12.3. The van der Waals surface area contributed by atoms with E-state index in [1.807, 2.05) is 0 Å². The summed E-state index contributed by atoms with van der Waals surface area (Å²) in [5.74, 6) is 0.159. The molecule has 0 unspecified atom stereocenters. The number of esters is 1. The van der Waals surface area contributed by atoms with Gasteiger partial charge >= 0.3 is 5.97 Å². The Labute approximate surface area is 167 Å². The Hall–Kier alpha value is -2.23. The Morgan fingerprint density at radius 2 is 1.93 bits per heavy atom. The van der Waals surface area contributed by atoms with Crippen molar-refractivity contribution in [1.29, 1.82) is 0 Å². The zero-order chi connectivity index (χ0) is 18.4. The standard InChI is InChI=1S/C17H20N4O4S.ClH/c1-24-14(22)10-25-13-4-2-11(3-5-13)15(23)19-17-21-20-16(26-17)12-6-8-18-9-7-12;/h2-5,12,18H,6-10H2,1H3,(H,19,21,23);1H. The first-order valence-electron chi connectivity index (χ1n) is 8.31. The van der Waals surface area contributed by atoms with Gasteiger partial charge in [0.05, 0.1) is 7.11 Å². The number of amides is 1. The van der Waals surface area contributed by atoms with Gasteiger partial charge in [-0.1, -0.05) is 11.3 Å². The van der Waals surface area contributed by atoms with E-state index in [0.29, 0.717) is 22.4 Å². The lowest BCUT2D eigenvalue weighted by atomic mass is 9.99. The minimum atomic E-state index is -0.465. The van der Waals surface area contributed by atoms with Gasteiger partial charge < -0.3 is 14.8 Å². The van der Waals surface area contributed by atoms with Crippen LogP contribution in [0.15, 0.2) is 24.3 Å². The van der Waals surface area contributed by atoms with Crippen molar-refractivity contribution in [3.8, 4) is 5.75 Å². The molecule has 0 radical (unpaired) electrons. The van der Waals surface area contributed by atoms with E-state index in [2.05, 4.69) is 25.6 Å². The molecular weight excluding hydrogens is 392 g/mol. The SMILES string of the molecule is COC(=O)COc1ccc(C(=O)Nc2nnc(C3CCNCC3)s2)cc1.Cl. The summed E-state index contributed by atoms with van der Waals surface area (Å²) in [5, 5.41) is 15.8. The number of piperidine rings is 1. The minimum Gasteiger partial charge on any atom is -0.482 e. The smallest absolute Gasteiger partial charge is 0.343 e. The third-order valence-electron chi connectivity index (χ3n) is 4.05. The van der Waals surface area contributed by atoms with Gasteiger partial charge in [0.2, 0.25) is 5.13 Å². The van der Waals surface area contributed by atoms with E-state index in [0.717, 1.165) is 30.9 Å². The number of nitrogens with one attached hydrogen (secondary N) is 2. The third kappa shape index (κ3) is 5.88. The van der Waals surface area contributed by atoms with Gasteiger partial charge in [-0.15, -0.1) is 22.6 Å². The Morgan fingerprint density at radius 3 is 2.59 bits per heavy atom. The fourth-order valence-corrected chi connectivity index (χ4v) is 3.50. The first-order valence-corrected chi connectivity index (χ1v) is 9.12. The summed E-state index contributed by atoms with van der Waals surface area (Å²) < 4.78 is 9.75. The molecule has 1 aromatic carbocycles. The van der Waals surface area contributed by atoms with Crippen LogP contribution in [0.1, 0.15) is 34.1 Å². The topological polar surface area (TPSA) is 102 Å². The molecule has 2 N–H and O–H groups in total. The summed E-state index contributed by atoms with van der Waals surface area (Å²) in [6.45, 7) is 1.79. The number of halogens is 1. The lowest BCUT2D eigenvalue weighted by Gasteiger charge is -2.19. The molecule has 0 saturated carbocycles. The molecule has 1 saturated heterocycles. The van der Waals surface area contributed by atoms with Crippen molar-refractivity contribution >= 4 is 40.8 Å². The second-order valence-electron chi connectivity index (χ2n) is 5.81. The van der Waals surface area contributed by atoms with Gasteiger partial charge in [0, 0.05) is 11.5 Å². The minimum absolute atomic E-state index is 0. The van der Waals surface area contributed by atoms with E-state index in [9.17, 15) is 9.59 Å². The van der Waals surface area contributed by atoms with Crippen LogP contribution in [-0.4, -0.2) is 48.9 Å². The van der Waals surface area contributed by atoms with Crippen LogP contribution in [0.25, 0.3) is 0 Å². The molecule has 1 aliphatic rings. The van der Waals surface area contributed by atoms with E-state index in [1.165, 1.54) is 18.4 Å². The lowest BCUT2D eigenvalue weighted by Crippen LogP contribution is -2.26. The van der Waals surface area contributed by atoms with E-state index < -0.39 is 5.97 Å².